The van der Waals surface area contributed by atoms with Crippen LogP contribution in [-0.4, -0.2) is 37.5 Å². The van der Waals surface area contributed by atoms with E-state index in [9.17, 15) is 9.59 Å². The molecular formula is C16H25IN3O2-. The van der Waals surface area contributed by atoms with Crippen molar-refractivity contribution in [1.82, 2.24) is 15.5 Å². The summed E-state index contributed by atoms with van der Waals surface area (Å²) >= 11 is -0.161. The number of carbonyl (C=O) groups is 2. The van der Waals surface area contributed by atoms with Crippen LogP contribution in [-0.2, 0) is 4.79 Å². The molecule has 2 N–H and O–H groups in total. The van der Waals surface area contributed by atoms with Gasteiger partial charge in [0.1, 0.15) is 0 Å². The molecule has 5 aliphatic rings. The van der Waals surface area contributed by atoms with Crippen LogP contribution in [0.2, 0.25) is 0 Å². The molecule has 3 amide bonds. The van der Waals surface area contributed by atoms with E-state index in [2.05, 4.69) is 10.6 Å². The number of amides is 3. The van der Waals surface area contributed by atoms with Crippen molar-refractivity contribution in [2.45, 2.75) is 55.0 Å². The number of rotatable bonds is 2. The van der Waals surface area contributed by atoms with Gasteiger partial charge in [0.05, 0.1) is 0 Å². The van der Waals surface area contributed by atoms with Gasteiger partial charge in [0, 0.05) is 0 Å². The maximum atomic E-state index is 12.4. The molecule has 5 nitrogen and oxygen atoms in total. The number of urea groups is 1. The Balaban J connectivity index is 1.28. The Bertz CT molecular complexity index is 470. The van der Waals surface area contributed by atoms with Crippen molar-refractivity contribution in [2.75, 3.05) is 11.1 Å². The predicted octanol–water partition coefficient (Wildman–Crippen LogP) is -1.51. The summed E-state index contributed by atoms with van der Waals surface area (Å²) in [7, 11) is 0. The molecule has 0 spiro atoms. The molecule has 0 aromatic rings. The summed E-state index contributed by atoms with van der Waals surface area (Å²) in [6, 6.07) is 0.0444. The van der Waals surface area contributed by atoms with Crippen molar-refractivity contribution in [1.29, 1.82) is 0 Å². The van der Waals surface area contributed by atoms with Gasteiger partial charge in [0.2, 0.25) is 0 Å². The molecule has 0 aromatic carbocycles. The first-order valence-corrected chi connectivity index (χ1v) is 11.2. The molecule has 0 radical (unpaired) electrons. The zero-order chi connectivity index (χ0) is 15.3. The summed E-state index contributed by atoms with van der Waals surface area (Å²) in [6.07, 6.45) is 7.35. The third-order valence-electron chi connectivity index (χ3n) is 6.09. The van der Waals surface area contributed by atoms with Gasteiger partial charge in [-0.25, -0.2) is 0 Å². The van der Waals surface area contributed by atoms with Crippen LogP contribution in [0, 0.1) is 17.8 Å². The fourth-order valence-electron chi connectivity index (χ4n) is 5.31. The number of hydrogen-bond acceptors (Lipinski definition) is 2. The molecule has 5 rings (SSSR count). The minimum atomic E-state index is -0.161. The molecule has 4 saturated carbocycles. The summed E-state index contributed by atoms with van der Waals surface area (Å²) < 4.78 is 1.19. The number of halogens is 1. The fraction of sp³-hybridized carbons (Fsp3) is 0.875. The summed E-state index contributed by atoms with van der Waals surface area (Å²) in [5, 5.41) is 6.55. The van der Waals surface area contributed by atoms with Gasteiger partial charge in [-0.2, -0.15) is 0 Å². The number of alkyl halides is 2. The molecule has 3 atom stereocenters. The average Bonchev–Trinajstić information content (AvgIpc) is 2.86. The molecule has 0 aromatic heterocycles. The average molecular weight is 418 g/mol. The van der Waals surface area contributed by atoms with Crippen molar-refractivity contribution in [3.05, 3.63) is 0 Å². The van der Waals surface area contributed by atoms with Crippen LogP contribution in [0.3, 0.4) is 0 Å². The molecule has 22 heavy (non-hydrogen) atoms. The normalized spacial score (nSPS) is 42.9. The van der Waals surface area contributed by atoms with E-state index in [1.54, 1.807) is 6.92 Å². The van der Waals surface area contributed by atoms with Crippen molar-refractivity contribution in [3.63, 3.8) is 0 Å². The number of nitrogens with zero attached hydrogens (tertiary/aromatic N) is 1. The number of hydrogen-bond donors (Lipinski definition) is 2. The van der Waals surface area contributed by atoms with Crippen molar-refractivity contribution < 1.29 is 30.8 Å². The van der Waals surface area contributed by atoms with E-state index < -0.39 is 0 Å². The van der Waals surface area contributed by atoms with E-state index in [-0.39, 0.29) is 38.7 Å². The number of nitrogens with one attached hydrogen (secondary N) is 2. The Morgan fingerprint density at radius 2 is 1.91 bits per heavy atom. The van der Waals surface area contributed by atoms with Crippen molar-refractivity contribution >= 4 is 11.9 Å². The number of carbonyl (C=O) groups excluding carboxylic acids is 2. The van der Waals surface area contributed by atoms with Gasteiger partial charge in [-0.1, -0.05) is 0 Å². The molecule has 5 fully saturated rings. The van der Waals surface area contributed by atoms with E-state index in [1.165, 1.54) is 32.1 Å². The van der Waals surface area contributed by atoms with Crippen LogP contribution in [0.25, 0.3) is 0 Å². The van der Waals surface area contributed by atoms with Crippen LogP contribution in [0.1, 0.15) is 45.4 Å². The third-order valence-corrected chi connectivity index (χ3v) is 9.30. The zero-order valence-electron chi connectivity index (χ0n) is 13.1. The van der Waals surface area contributed by atoms with Gasteiger partial charge in [-0.05, 0) is 0 Å². The second-order valence-electron chi connectivity index (χ2n) is 7.66. The zero-order valence-corrected chi connectivity index (χ0v) is 15.3. The molecular weight excluding hydrogens is 393 g/mol. The van der Waals surface area contributed by atoms with Gasteiger partial charge in [-0.3, -0.25) is 0 Å². The summed E-state index contributed by atoms with van der Waals surface area (Å²) in [5.74, 6) is 2.79. The topological polar surface area (TPSA) is 61.4 Å². The Morgan fingerprint density at radius 3 is 2.45 bits per heavy atom. The Labute approximate surface area is 142 Å². The van der Waals surface area contributed by atoms with E-state index >= 15 is 0 Å². The van der Waals surface area contributed by atoms with Crippen LogP contribution in [0.15, 0.2) is 0 Å². The van der Waals surface area contributed by atoms with Crippen LogP contribution < -0.4 is 31.8 Å². The molecule has 4 aliphatic carbocycles. The molecule has 124 valence electrons. The Morgan fingerprint density at radius 1 is 1.18 bits per heavy atom. The first-order valence-electron chi connectivity index (χ1n) is 8.45. The van der Waals surface area contributed by atoms with Gasteiger partial charge in [0.15, 0.2) is 0 Å². The third kappa shape index (κ3) is 2.71. The standard InChI is InChI=1S/C16H25IN3O2/c1-10(21)20-3-2-14(17-9-20)18-15(22)19-16-6-11-4-12(7-16)13(5-11)8-16/h11-14H,2-9H2,1H3,(H2,18,19,22)/q-1. The van der Waals surface area contributed by atoms with Crippen molar-refractivity contribution in [3.8, 4) is 0 Å². The second kappa shape index (κ2) is 5.53. The van der Waals surface area contributed by atoms with Gasteiger partial charge in [-0.15, -0.1) is 0 Å². The molecule has 3 unspecified atom stereocenters. The summed E-state index contributed by atoms with van der Waals surface area (Å²) in [5.41, 5.74) is 0.110. The molecule has 4 bridgehead atoms. The van der Waals surface area contributed by atoms with Crippen molar-refractivity contribution in [2.24, 2.45) is 17.8 Å². The Hall–Kier alpha value is -0.530. The first-order chi connectivity index (χ1) is 10.5. The van der Waals surface area contributed by atoms with E-state index in [0.717, 1.165) is 35.3 Å². The van der Waals surface area contributed by atoms with Gasteiger partial charge >= 0.3 is 142 Å². The van der Waals surface area contributed by atoms with Crippen LogP contribution in [0.5, 0.6) is 0 Å². The molecule has 1 aliphatic heterocycles. The van der Waals surface area contributed by atoms with E-state index in [0.29, 0.717) is 4.05 Å². The Kier molecular flexibility index (Phi) is 3.77. The second-order valence-corrected chi connectivity index (χ2v) is 10.7. The van der Waals surface area contributed by atoms with E-state index in [4.69, 9.17) is 0 Å². The first kappa shape index (κ1) is 15.0. The maximum absolute atomic E-state index is 12.4. The van der Waals surface area contributed by atoms with Crippen LogP contribution in [0.4, 0.5) is 4.79 Å². The van der Waals surface area contributed by atoms with Gasteiger partial charge < -0.3 is 0 Å². The molecule has 1 saturated heterocycles. The monoisotopic (exact) mass is 418 g/mol. The SMILES string of the molecule is CC(=O)N1CCC(NC(=O)NC23CC4CC(C2)C(C4)C3)[I-]C1. The molecule has 1 heterocycles. The van der Waals surface area contributed by atoms with E-state index in [1.807, 2.05) is 4.90 Å². The summed E-state index contributed by atoms with van der Waals surface area (Å²) in [4.78, 5) is 25.7. The summed E-state index contributed by atoms with van der Waals surface area (Å²) in [6.45, 7) is 2.42. The predicted molar refractivity (Wildman–Crippen MR) is 78.6 cm³/mol. The van der Waals surface area contributed by atoms with Crippen LogP contribution >= 0.6 is 0 Å². The fourth-order valence-corrected chi connectivity index (χ4v) is 8.30. The quantitative estimate of drug-likeness (QED) is 0.326. The minimum absolute atomic E-state index is 0.0444. The van der Waals surface area contributed by atoms with Gasteiger partial charge in [0.25, 0.3) is 0 Å². The molecule has 6 heteroatoms.